The third kappa shape index (κ3) is 1.26. The average Bonchev–Trinajstić information content (AvgIpc) is 2.68. The quantitative estimate of drug-likeness (QED) is 0.787. The molecule has 0 atom stereocenters. The van der Waals surface area contributed by atoms with E-state index in [1.807, 2.05) is 18.2 Å². The number of hydrogen-bond donors (Lipinski definition) is 1. The van der Waals surface area contributed by atoms with Gasteiger partial charge in [0.25, 0.3) is 5.56 Å². The fourth-order valence-electron chi connectivity index (χ4n) is 1.82. The second kappa shape index (κ2) is 3.06. The Hall–Kier alpha value is -1.36. The highest BCUT2D eigenvalue weighted by molar-refractivity contribution is 9.10. The molecule has 15 heavy (non-hydrogen) atoms. The standard InChI is InChI=1S/C10H8BrN3O/c11-6-1-2-8-7(5-6)9(15)14-4-3-12-10(14)13-8/h1-2,5H,3-4H2,(H,12,13). The first-order chi connectivity index (χ1) is 7.25. The minimum atomic E-state index is 0.0290. The van der Waals surface area contributed by atoms with Gasteiger partial charge in [-0.2, -0.15) is 0 Å². The summed E-state index contributed by atoms with van der Waals surface area (Å²) in [6.45, 7) is 1.48. The van der Waals surface area contributed by atoms with Gasteiger partial charge in [-0.05, 0) is 18.2 Å². The molecule has 0 bridgehead atoms. The van der Waals surface area contributed by atoms with E-state index < -0.39 is 0 Å². The number of halogens is 1. The highest BCUT2D eigenvalue weighted by Crippen LogP contribution is 2.18. The van der Waals surface area contributed by atoms with E-state index in [1.165, 1.54) is 0 Å². The highest BCUT2D eigenvalue weighted by atomic mass is 79.9. The summed E-state index contributed by atoms with van der Waals surface area (Å²) in [6.07, 6.45) is 0. The van der Waals surface area contributed by atoms with E-state index in [4.69, 9.17) is 0 Å². The molecular formula is C10H8BrN3O. The monoisotopic (exact) mass is 265 g/mol. The largest absolute Gasteiger partial charge is 0.354 e. The molecule has 0 fully saturated rings. The molecule has 0 amide bonds. The molecule has 2 heterocycles. The van der Waals surface area contributed by atoms with E-state index in [9.17, 15) is 4.79 Å². The van der Waals surface area contributed by atoms with Gasteiger partial charge in [-0.15, -0.1) is 0 Å². The molecule has 0 saturated carbocycles. The Morgan fingerprint density at radius 1 is 1.47 bits per heavy atom. The SMILES string of the molecule is O=c1c2cc(Br)ccc2nc2n1CCN2. The zero-order valence-corrected chi connectivity index (χ0v) is 9.41. The molecule has 0 radical (unpaired) electrons. The van der Waals surface area contributed by atoms with Crippen molar-refractivity contribution in [2.45, 2.75) is 6.54 Å². The maximum absolute atomic E-state index is 12.0. The van der Waals surface area contributed by atoms with Crippen molar-refractivity contribution in [2.75, 3.05) is 11.9 Å². The number of anilines is 1. The van der Waals surface area contributed by atoms with Crippen LogP contribution < -0.4 is 10.9 Å². The number of hydrogen-bond acceptors (Lipinski definition) is 3. The number of nitrogens with one attached hydrogen (secondary N) is 1. The van der Waals surface area contributed by atoms with Crippen LogP contribution >= 0.6 is 15.9 Å². The Kier molecular flexibility index (Phi) is 1.82. The van der Waals surface area contributed by atoms with Gasteiger partial charge in [0.2, 0.25) is 5.95 Å². The number of benzene rings is 1. The van der Waals surface area contributed by atoms with Crippen molar-refractivity contribution in [1.82, 2.24) is 9.55 Å². The van der Waals surface area contributed by atoms with Crippen LogP contribution in [0.5, 0.6) is 0 Å². The normalized spacial score (nSPS) is 13.9. The maximum atomic E-state index is 12.0. The summed E-state index contributed by atoms with van der Waals surface area (Å²) in [4.78, 5) is 16.4. The maximum Gasteiger partial charge on any atom is 0.262 e. The Morgan fingerprint density at radius 3 is 3.20 bits per heavy atom. The second-order valence-corrected chi connectivity index (χ2v) is 4.40. The first-order valence-corrected chi connectivity index (χ1v) is 5.49. The summed E-state index contributed by atoms with van der Waals surface area (Å²) in [5.74, 6) is 0.676. The van der Waals surface area contributed by atoms with E-state index in [0.717, 1.165) is 16.5 Å². The second-order valence-electron chi connectivity index (χ2n) is 3.48. The van der Waals surface area contributed by atoms with E-state index >= 15 is 0 Å². The summed E-state index contributed by atoms with van der Waals surface area (Å²) in [7, 11) is 0. The van der Waals surface area contributed by atoms with Crippen LogP contribution in [0.4, 0.5) is 5.95 Å². The van der Waals surface area contributed by atoms with Gasteiger partial charge in [-0.3, -0.25) is 9.36 Å². The molecule has 1 aliphatic rings. The lowest BCUT2D eigenvalue weighted by molar-refractivity contribution is 0.771. The smallest absolute Gasteiger partial charge is 0.262 e. The zero-order valence-electron chi connectivity index (χ0n) is 7.83. The zero-order chi connectivity index (χ0) is 10.4. The Balaban J connectivity index is 2.47. The molecule has 0 aliphatic carbocycles. The number of aromatic nitrogens is 2. The van der Waals surface area contributed by atoms with Crippen molar-refractivity contribution in [3.63, 3.8) is 0 Å². The molecule has 3 rings (SSSR count). The molecule has 0 unspecified atom stereocenters. The number of nitrogens with zero attached hydrogens (tertiary/aromatic N) is 2. The third-order valence-electron chi connectivity index (χ3n) is 2.53. The van der Waals surface area contributed by atoms with Crippen molar-refractivity contribution >= 4 is 32.8 Å². The van der Waals surface area contributed by atoms with Gasteiger partial charge in [0.1, 0.15) is 0 Å². The number of rotatable bonds is 0. The molecule has 5 heteroatoms. The Bertz CT molecular complexity index is 605. The topological polar surface area (TPSA) is 46.9 Å². The van der Waals surface area contributed by atoms with Crippen LogP contribution in [-0.4, -0.2) is 16.1 Å². The Morgan fingerprint density at radius 2 is 2.33 bits per heavy atom. The minimum Gasteiger partial charge on any atom is -0.354 e. The molecule has 1 aromatic carbocycles. The van der Waals surface area contributed by atoms with Crippen LogP contribution in [-0.2, 0) is 6.54 Å². The van der Waals surface area contributed by atoms with Gasteiger partial charge in [-0.1, -0.05) is 15.9 Å². The highest BCUT2D eigenvalue weighted by Gasteiger charge is 2.14. The van der Waals surface area contributed by atoms with E-state index in [0.29, 0.717) is 17.9 Å². The molecule has 1 N–H and O–H groups in total. The molecule has 1 aliphatic heterocycles. The molecule has 2 aromatic rings. The number of fused-ring (bicyclic) bond motifs is 2. The lowest BCUT2D eigenvalue weighted by Gasteiger charge is -2.03. The summed E-state index contributed by atoms with van der Waals surface area (Å²) in [6, 6.07) is 5.55. The van der Waals surface area contributed by atoms with E-state index in [1.54, 1.807) is 4.57 Å². The molecule has 0 saturated heterocycles. The first-order valence-electron chi connectivity index (χ1n) is 4.70. The van der Waals surface area contributed by atoms with Crippen LogP contribution in [0.3, 0.4) is 0 Å². The van der Waals surface area contributed by atoms with Crippen LogP contribution in [0.15, 0.2) is 27.5 Å². The third-order valence-corrected chi connectivity index (χ3v) is 3.03. The van der Waals surface area contributed by atoms with Crippen molar-refractivity contribution in [3.8, 4) is 0 Å². The first kappa shape index (κ1) is 8.91. The van der Waals surface area contributed by atoms with Crippen LogP contribution in [0.1, 0.15) is 0 Å². The van der Waals surface area contributed by atoms with Crippen LogP contribution in [0, 0.1) is 0 Å². The van der Waals surface area contributed by atoms with Gasteiger partial charge < -0.3 is 5.32 Å². The molecule has 76 valence electrons. The fourth-order valence-corrected chi connectivity index (χ4v) is 2.18. The van der Waals surface area contributed by atoms with Crippen LogP contribution in [0.25, 0.3) is 10.9 Å². The van der Waals surface area contributed by atoms with Crippen molar-refractivity contribution in [2.24, 2.45) is 0 Å². The fraction of sp³-hybridized carbons (Fsp3) is 0.200. The summed E-state index contributed by atoms with van der Waals surface area (Å²) < 4.78 is 2.58. The summed E-state index contributed by atoms with van der Waals surface area (Å²) in [5, 5.41) is 3.75. The van der Waals surface area contributed by atoms with Crippen LogP contribution in [0.2, 0.25) is 0 Å². The molecule has 1 aromatic heterocycles. The predicted octanol–water partition coefficient (Wildman–Crippen LogP) is 1.58. The molecular weight excluding hydrogens is 258 g/mol. The summed E-state index contributed by atoms with van der Waals surface area (Å²) >= 11 is 3.36. The lowest BCUT2D eigenvalue weighted by atomic mass is 10.2. The van der Waals surface area contributed by atoms with Gasteiger partial charge in [0.15, 0.2) is 0 Å². The van der Waals surface area contributed by atoms with Gasteiger partial charge >= 0.3 is 0 Å². The van der Waals surface area contributed by atoms with E-state index in [-0.39, 0.29) is 5.56 Å². The molecule has 4 nitrogen and oxygen atoms in total. The van der Waals surface area contributed by atoms with Gasteiger partial charge in [0, 0.05) is 17.6 Å². The van der Waals surface area contributed by atoms with Crippen molar-refractivity contribution < 1.29 is 0 Å². The average molecular weight is 266 g/mol. The lowest BCUT2D eigenvalue weighted by Crippen LogP contribution is -2.18. The minimum absolute atomic E-state index is 0.0290. The summed E-state index contributed by atoms with van der Waals surface area (Å²) in [5.41, 5.74) is 0.769. The Labute approximate surface area is 94.1 Å². The van der Waals surface area contributed by atoms with Gasteiger partial charge in [-0.25, -0.2) is 4.98 Å². The van der Waals surface area contributed by atoms with Gasteiger partial charge in [0.05, 0.1) is 10.9 Å². The molecule has 0 spiro atoms. The predicted molar refractivity (Wildman–Crippen MR) is 62.2 cm³/mol. The van der Waals surface area contributed by atoms with E-state index in [2.05, 4.69) is 26.2 Å². The van der Waals surface area contributed by atoms with Crippen molar-refractivity contribution in [3.05, 3.63) is 33.0 Å². The van der Waals surface area contributed by atoms with Crippen molar-refractivity contribution in [1.29, 1.82) is 0 Å².